The van der Waals surface area contributed by atoms with Crippen molar-refractivity contribution in [1.29, 1.82) is 0 Å². The van der Waals surface area contributed by atoms with Gasteiger partial charge in [-0.1, -0.05) is 6.07 Å². The molecule has 1 unspecified atom stereocenters. The molecule has 1 heterocycles. The molecule has 1 aromatic heterocycles. The molecule has 0 saturated heterocycles. The SMILES string of the molecule is CN(C)c1ncccc1C(CN)CO. The number of anilines is 1. The third-order valence-electron chi connectivity index (χ3n) is 2.19. The third-order valence-corrected chi connectivity index (χ3v) is 2.19. The molecule has 0 amide bonds. The fourth-order valence-corrected chi connectivity index (χ4v) is 1.40. The minimum atomic E-state index is -0.0268. The lowest BCUT2D eigenvalue weighted by molar-refractivity contribution is 0.268. The van der Waals surface area contributed by atoms with E-state index in [9.17, 15) is 0 Å². The van der Waals surface area contributed by atoms with Crippen LogP contribution >= 0.6 is 0 Å². The molecule has 0 fully saturated rings. The van der Waals surface area contributed by atoms with Crippen LogP contribution in [0.25, 0.3) is 0 Å². The number of hydrogen-bond acceptors (Lipinski definition) is 4. The Morgan fingerprint density at radius 1 is 1.57 bits per heavy atom. The van der Waals surface area contributed by atoms with E-state index >= 15 is 0 Å². The Bertz CT molecular complexity index is 284. The minimum Gasteiger partial charge on any atom is -0.396 e. The van der Waals surface area contributed by atoms with Crippen LogP contribution < -0.4 is 10.6 Å². The van der Waals surface area contributed by atoms with Gasteiger partial charge in [-0.05, 0) is 6.07 Å². The summed E-state index contributed by atoms with van der Waals surface area (Å²) in [5, 5.41) is 9.16. The van der Waals surface area contributed by atoms with Crippen molar-refractivity contribution in [2.75, 3.05) is 32.1 Å². The van der Waals surface area contributed by atoms with Crippen LogP contribution in [-0.4, -0.2) is 37.3 Å². The standard InChI is InChI=1S/C10H17N3O/c1-13(2)10-9(4-3-5-12-10)8(6-11)7-14/h3-5,8,14H,6-7,11H2,1-2H3. The lowest BCUT2D eigenvalue weighted by Gasteiger charge is -2.20. The number of nitrogens with two attached hydrogens (primary N) is 1. The van der Waals surface area contributed by atoms with Crippen LogP contribution in [0.4, 0.5) is 5.82 Å². The molecule has 1 rings (SSSR count). The van der Waals surface area contributed by atoms with Crippen LogP contribution in [0.2, 0.25) is 0 Å². The quantitative estimate of drug-likeness (QED) is 0.719. The van der Waals surface area contributed by atoms with Crippen LogP contribution in [0, 0.1) is 0 Å². The van der Waals surface area contributed by atoms with Crippen molar-refractivity contribution in [2.45, 2.75) is 5.92 Å². The molecule has 0 aliphatic heterocycles. The molecule has 78 valence electrons. The van der Waals surface area contributed by atoms with Crippen molar-refractivity contribution >= 4 is 5.82 Å². The lowest BCUT2D eigenvalue weighted by atomic mass is 10.0. The van der Waals surface area contributed by atoms with Crippen LogP contribution in [-0.2, 0) is 0 Å². The highest BCUT2D eigenvalue weighted by Crippen LogP contribution is 2.22. The summed E-state index contributed by atoms with van der Waals surface area (Å²) in [5.74, 6) is 0.845. The fraction of sp³-hybridized carbons (Fsp3) is 0.500. The Morgan fingerprint density at radius 3 is 2.79 bits per heavy atom. The summed E-state index contributed by atoms with van der Waals surface area (Å²) in [4.78, 5) is 6.18. The first kappa shape index (κ1) is 10.9. The van der Waals surface area contributed by atoms with Crippen molar-refractivity contribution < 1.29 is 5.11 Å². The van der Waals surface area contributed by atoms with E-state index in [-0.39, 0.29) is 12.5 Å². The van der Waals surface area contributed by atoms with Gasteiger partial charge in [0.2, 0.25) is 0 Å². The van der Waals surface area contributed by atoms with Crippen molar-refractivity contribution in [3.63, 3.8) is 0 Å². The smallest absolute Gasteiger partial charge is 0.131 e. The summed E-state index contributed by atoms with van der Waals surface area (Å²) in [6.07, 6.45) is 1.74. The molecular formula is C10H17N3O. The monoisotopic (exact) mass is 195 g/mol. The van der Waals surface area contributed by atoms with Gasteiger partial charge in [-0.15, -0.1) is 0 Å². The number of aromatic nitrogens is 1. The van der Waals surface area contributed by atoms with Gasteiger partial charge in [0, 0.05) is 38.3 Å². The number of rotatable bonds is 4. The van der Waals surface area contributed by atoms with Gasteiger partial charge >= 0.3 is 0 Å². The molecule has 0 aliphatic carbocycles. The van der Waals surface area contributed by atoms with Crippen LogP contribution in [0.3, 0.4) is 0 Å². The molecule has 0 aliphatic rings. The van der Waals surface area contributed by atoms with Crippen molar-refractivity contribution in [3.05, 3.63) is 23.9 Å². The van der Waals surface area contributed by atoms with E-state index in [0.29, 0.717) is 6.54 Å². The first-order valence-corrected chi connectivity index (χ1v) is 4.63. The number of pyridine rings is 1. The lowest BCUT2D eigenvalue weighted by Crippen LogP contribution is -2.21. The zero-order valence-corrected chi connectivity index (χ0v) is 8.64. The number of hydrogen-bond donors (Lipinski definition) is 2. The van der Waals surface area contributed by atoms with Gasteiger partial charge in [-0.2, -0.15) is 0 Å². The molecule has 0 saturated carbocycles. The Hall–Kier alpha value is -1.13. The molecule has 14 heavy (non-hydrogen) atoms. The molecule has 1 atom stereocenters. The third kappa shape index (κ3) is 2.21. The van der Waals surface area contributed by atoms with Crippen LogP contribution in [0.1, 0.15) is 11.5 Å². The van der Waals surface area contributed by atoms with E-state index in [2.05, 4.69) is 4.98 Å². The first-order valence-electron chi connectivity index (χ1n) is 4.63. The van der Waals surface area contributed by atoms with Crippen molar-refractivity contribution in [3.8, 4) is 0 Å². The maximum Gasteiger partial charge on any atom is 0.131 e. The molecule has 0 radical (unpaired) electrons. The highest BCUT2D eigenvalue weighted by molar-refractivity contribution is 5.47. The molecule has 0 spiro atoms. The fourth-order valence-electron chi connectivity index (χ4n) is 1.40. The summed E-state index contributed by atoms with van der Waals surface area (Å²) < 4.78 is 0. The van der Waals surface area contributed by atoms with Gasteiger partial charge in [0.15, 0.2) is 0 Å². The van der Waals surface area contributed by atoms with E-state index in [0.717, 1.165) is 11.4 Å². The number of nitrogens with zero attached hydrogens (tertiary/aromatic N) is 2. The minimum absolute atomic E-state index is 0.0268. The zero-order valence-electron chi connectivity index (χ0n) is 8.64. The predicted molar refractivity (Wildman–Crippen MR) is 57.4 cm³/mol. The second-order valence-electron chi connectivity index (χ2n) is 3.43. The summed E-state index contributed by atoms with van der Waals surface area (Å²) >= 11 is 0. The van der Waals surface area contributed by atoms with Crippen LogP contribution in [0.15, 0.2) is 18.3 Å². The largest absolute Gasteiger partial charge is 0.396 e. The average Bonchev–Trinajstić information content (AvgIpc) is 2.20. The molecule has 0 aromatic carbocycles. The Morgan fingerprint density at radius 2 is 2.29 bits per heavy atom. The van der Waals surface area contributed by atoms with E-state index in [1.807, 2.05) is 31.1 Å². The van der Waals surface area contributed by atoms with Gasteiger partial charge in [-0.25, -0.2) is 4.98 Å². The maximum absolute atomic E-state index is 9.16. The average molecular weight is 195 g/mol. The summed E-state index contributed by atoms with van der Waals surface area (Å²) in [6.45, 7) is 0.492. The van der Waals surface area contributed by atoms with Gasteiger partial charge in [0.1, 0.15) is 5.82 Å². The van der Waals surface area contributed by atoms with Crippen molar-refractivity contribution in [2.24, 2.45) is 5.73 Å². The maximum atomic E-state index is 9.16. The van der Waals surface area contributed by atoms with Gasteiger partial charge in [-0.3, -0.25) is 0 Å². The summed E-state index contributed by atoms with van der Waals surface area (Å²) in [7, 11) is 3.85. The van der Waals surface area contributed by atoms with Gasteiger partial charge < -0.3 is 15.7 Å². The highest BCUT2D eigenvalue weighted by Gasteiger charge is 2.14. The first-order chi connectivity index (χ1) is 6.70. The summed E-state index contributed by atoms with van der Waals surface area (Å²) in [5.41, 5.74) is 6.58. The second kappa shape index (κ2) is 4.93. The van der Waals surface area contributed by atoms with E-state index in [4.69, 9.17) is 10.8 Å². The Kier molecular flexibility index (Phi) is 3.85. The Balaban J connectivity index is 3.05. The van der Waals surface area contributed by atoms with Gasteiger partial charge in [0.05, 0.1) is 6.61 Å². The Labute approximate surface area is 84.4 Å². The molecule has 4 nitrogen and oxygen atoms in total. The zero-order chi connectivity index (χ0) is 10.6. The summed E-state index contributed by atoms with van der Waals surface area (Å²) in [6, 6.07) is 3.82. The van der Waals surface area contributed by atoms with Gasteiger partial charge in [0.25, 0.3) is 0 Å². The number of aliphatic hydroxyl groups is 1. The van der Waals surface area contributed by atoms with Crippen molar-refractivity contribution in [1.82, 2.24) is 4.98 Å². The normalized spacial score (nSPS) is 12.6. The second-order valence-corrected chi connectivity index (χ2v) is 3.43. The van der Waals surface area contributed by atoms with Crippen LogP contribution in [0.5, 0.6) is 0 Å². The topological polar surface area (TPSA) is 62.4 Å². The molecular weight excluding hydrogens is 178 g/mol. The highest BCUT2D eigenvalue weighted by atomic mass is 16.3. The molecule has 4 heteroatoms. The van der Waals surface area contributed by atoms with E-state index in [1.165, 1.54) is 0 Å². The van der Waals surface area contributed by atoms with E-state index in [1.54, 1.807) is 6.20 Å². The number of aliphatic hydroxyl groups excluding tert-OH is 1. The van der Waals surface area contributed by atoms with E-state index < -0.39 is 0 Å². The predicted octanol–water partition coefficient (Wildman–Crippen LogP) is 0.182. The molecule has 1 aromatic rings. The molecule has 0 bridgehead atoms. The molecule has 3 N–H and O–H groups in total.